The topological polar surface area (TPSA) is 48.1 Å². The van der Waals surface area contributed by atoms with Crippen molar-refractivity contribution in [1.82, 2.24) is 4.98 Å². The summed E-state index contributed by atoms with van der Waals surface area (Å²) in [6.45, 7) is 0.320. The predicted octanol–water partition coefficient (Wildman–Crippen LogP) is 2.85. The predicted molar refractivity (Wildman–Crippen MR) is 61.5 cm³/mol. The number of benzene rings is 1. The van der Waals surface area contributed by atoms with Gasteiger partial charge in [0.1, 0.15) is 11.6 Å². The minimum Gasteiger partial charge on any atom is -0.298 e. The first kappa shape index (κ1) is 10.6. The Hall–Kier alpha value is -0.940. The SMILES string of the molecule is NOCc1csc(-c2ccccc2Cl)n1. The molecule has 1 heterocycles. The summed E-state index contributed by atoms with van der Waals surface area (Å²) in [5.41, 5.74) is 1.75. The monoisotopic (exact) mass is 240 g/mol. The van der Waals surface area contributed by atoms with Gasteiger partial charge in [-0.2, -0.15) is 0 Å². The minimum atomic E-state index is 0.320. The molecule has 0 aliphatic heterocycles. The van der Waals surface area contributed by atoms with Crippen LogP contribution in [-0.4, -0.2) is 4.98 Å². The number of nitrogens with zero attached hydrogens (tertiary/aromatic N) is 1. The molecule has 0 bridgehead atoms. The molecule has 3 nitrogen and oxygen atoms in total. The van der Waals surface area contributed by atoms with Crippen LogP contribution in [0.2, 0.25) is 5.02 Å². The summed E-state index contributed by atoms with van der Waals surface area (Å²) in [5.74, 6) is 4.98. The maximum atomic E-state index is 6.06. The van der Waals surface area contributed by atoms with E-state index in [4.69, 9.17) is 17.5 Å². The molecule has 0 amide bonds. The summed E-state index contributed by atoms with van der Waals surface area (Å²) in [6.07, 6.45) is 0. The molecule has 0 spiro atoms. The third-order valence-corrected chi connectivity index (χ3v) is 3.14. The molecule has 2 N–H and O–H groups in total. The average Bonchev–Trinajstić information content (AvgIpc) is 2.68. The smallest absolute Gasteiger partial charge is 0.125 e. The van der Waals surface area contributed by atoms with Crippen LogP contribution in [-0.2, 0) is 11.4 Å². The molecule has 0 aliphatic rings. The van der Waals surface area contributed by atoms with Crippen LogP contribution in [0.25, 0.3) is 10.6 Å². The van der Waals surface area contributed by atoms with Gasteiger partial charge in [-0.3, -0.25) is 4.84 Å². The van der Waals surface area contributed by atoms with Gasteiger partial charge in [0.25, 0.3) is 0 Å². The number of hydrogen-bond donors (Lipinski definition) is 1. The highest BCUT2D eigenvalue weighted by Gasteiger charge is 2.07. The molecule has 0 fully saturated rings. The van der Waals surface area contributed by atoms with Crippen molar-refractivity contribution in [2.75, 3.05) is 0 Å². The summed E-state index contributed by atoms with van der Waals surface area (Å²) < 4.78 is 0. The highest BCUT2D eigenvalue weighted by atomic mass is 35.5. The number of rotatable bonds is 3. The second-order valence-electron chi connectivity index (χ2n) is 2.93. The molecule has 0 unspecified atom stereocenters. The van der Waals surface area contributed by atoms with E-state index in [2.05, 4.69) is 9.82 Å². The maximum absolute atomic E-state index is 6.06. The Bertz CT molecular complexity index is 458. The summed E-state index contributed by atoms with van der Waals surface area (Å²) in [4.78, 5) is 8.88. The van der Waals surface area contributed by atoms with Crippen LogP contribution in [0.1, 0.15) is 5.69 Å². The highest BCUT2D eigenvalue weighted by molar-refractivity contribution is 7.13. The van der Waals surface area contributed by atoms with Crippen molar-refractivity contribution >= 4 is 22.9 Å². The Morgan fingerprint density at radius 3 is 2.93 bits per heavy atom. The van der Waals surface area contributed by atoms with Crippen LogP contribution in [0.3, 0.4) is 0 Å². The van der Waals surface area contributed by atoms with E-state index in [-0.39, 0.29) is 0 Å². The zero-order valence-electron chi connectivity index (χ0n) is 7.81. The van der Waals surface area contributed by atoms with Crippen molar-refractivity contribution in [3.05, 3.63) is 40.4 Å². The van der Waals surface area contributed by atoms with Crippen LogP contribution in [0.4, 0.5) is 0 Å². The molecule has 0 saturated carbocycles. The average molecular weight is 241 g/mol. The number of thiazole rings is 1. The number of aromatic nitrogens is 1. The molecule has 1 aromatic carbocycles. The molecular weight excluding hydrogens is 232 g/mol. The number of nitrogens with two attached hydrogens (primary N) is 1. The van der Waals surface area contributed by atoms with Crippen LogP contribution < -0.4 is 5.90 Å². The van der Waals surface area contributed by atoms with Crippen LogP contribution in [0, 0.1) is 0 Å². The van der Waals surface area contributed by atoms with Gasteiger partial charge in [-0.25, -0.2) is 10.9 Å². The lowest BCUT2D eigenvalue weighted by molar-refractivity contribution is 0.122. The molecule has 5 heteroatoms. The van der Waals surface area contributed by atoms with Crippen molar-refractivity contribution in [3.8, 4) is 10.6 Å². The van der Waals surface area contributed by atoms with E-state index in [0.29, 0.717) is 11.6 Å². The molecule has 1 aromatic heterocycles. The molecule has 2 aromatic rings. The van der Waals surface area contributed by atoms with Gasteiger partial charge in [0.15, 0.2) is 0 Å². The minimum absolute atomic E-state index is 0.320. The van der Waals surface area contributed by atoms with E-state index in [0.717, 1.165) is 16.3 Å². The fourth-order valence-corrected chi connectivity index (χ4v) is 2.34. The van der Waals surface area contributed by atoms with E-state index in [9.17, 15) is 0 Å². The van der Waals surface area contributed by atoms with Gasteiger partial charge in [-0.05, 0) is 6.07 Å². The number of hydrogen-bond acceptors (Lipinski definition) is 4. The molecule has 0 saturated heterocycles. The zero-order valence-corrected chi connectivity index (χ0v) is 9.39. The molecular formula is C10H9ClN2OS. The fraction of sp³-hybridized carbons (Fsp3) is 0.100. The second-order valence-corrected chi connectivity index (χ2v) is 4.20. The van der Waals surface area contributed by atoms with E-state index < -0.39 is 0 Å². The van der Waals surface area contributed by atoms with Gasteiger partial charge < -0.3 is 0 Å². The molecule has 0 radical (unpaired) electrons. The van der Waals surface area contributed by atoms with E-state index in [1.165, 1.54) is 11.3 Å². The van der Waals surface area contributed by atoms with Gasteiger partial charge in [-0.15, -0.1) is 11.3 Å². The van der Waals surface area contributed by atoms with Crippen molar-refractivity contribution in [2.45, 2.75) is 6.61 Å². The van der Waals surface area contributed by atoms with Gasteiger partial charge in [-0.1, -0.05) is 29.8 Å². The normalized spacial score (nSPS) is 10.5. The van der Waals surface area contributed by atoms with Crippen molar-refractivity contribution in [3.63, 3.8) is 0 Å². The van der Waals surface area contributed by atoms with Crippen LogP contribution in [0.15, 0.2) is 29.6 Å². The third-order valence-electron chi connectivity index (χ3n) is 1.89. The zero-order chi connectivity index (χ0) is 10.7. The first-order valence-electron chi connectivity index (χ1n) is 4.32. The Labute approximate surface area is 96.4 Å². The summed E-state index contributed by atoms with van der Waals surface area (Å²) >= 11 is 7.58. The van der Waals surface area contributed by atoms with E-state index in [1.54, 1.807) is 0 Å². The largest absolute Gasteiger partial charge is 0.298 e. The number of halogens is 1. The molecule has 2 rings (SSSR count). The van der Waals surface area contributed by atoms with Crippen molar-refractivity contribution in [1.29, 1.82) is 0 Å². The Morgan fingerprint density at radius 1 is 1.40 bits per heavy atom. The Morgan fingerprint density at radius 2 is 2.20 bits per heavy atom. The van der Waals surface area contributed by atoms with Crippen molar-refractivity contribution in [2.24, 2.45) is 5.90 Å². The summed E-state index contributed by atoms with van der Waals surface area (Å²) in [7, 11) is 0. The Kier molecular flexibility index (Phi) is 3.33. The van der Waals surface area contributed by atoms with Crippen LogP contribution in [0.5, 0.6) is 0 Å². The lowest BCUT2D eigenvalue weighted by Gasteiger charge is -1.98. The standard InChI is InChI=1S/C10H9ClN2OS/c11-9-4-2-1-3-8(9)10-13-7(5-14-12)6-15-10/h1-4,6H,5,12H2. The van der Waals surface area contributed by atoms with Gasteiger partial charge in [0, 0.05) is 10.9 Å². The third kappa shape index (κ3) is 2.35. The van der Waals surface area contributed by atoms with Crippen LogP contribution >= 0.6 is 22.9 Å². The van der Waals surface area contributed by atoms with Gasteiger partial charge >= 0.3 is 0 Å². The molecule has 78 valence electrons. The van der Waals surface area contributed by atoms with Gasteiger partial charge in [0.2, 0.25) is 0 Å². The lowest BCUT2D eigenvalue weighted by atomic mass is 10.2. The summed E-state index contributed by atoms with van der Waals surface area (Å²) in [6, 6.07) is 7.61. The van der Waals surface area contributed by atoms with E-state index >= 15 is 0 Å². The first-order chi connectivity index (χ1) is 7.31. The van der Waals surface area contributed by atoms with Crippen molar-refractivity contribution < 1.29 is 4.84 Å². The van der Waals surface area contributed by atoms with Gasteiger partial charge in [0.05, 0.1) is 10.7 Å². The Balaban J connectivity index is 2.33. The maximum Gasteiger partial charge on any atom is 0.125 e. The second kappa shape index (κ2) is 4.72. The quantitative estimate of drug-likeness (QED) is 0.840. The van der Waals surface area contributed by atoms with E-state index in [1.807, 2.05) is 29.6 Å². The summed E-state index contributed by atoms with van der Waals surface area (Å²) in [5, 5.41) is 3.49. The molecule has 0 atom stereocenters. The first-order valence-corrected chi connectivity index (χ1v) is 5.58. The lowest BCUT2D eigenvalue weighted by Crippen LogP contribution is -1.98. The highest BCUT2D eigenvalue weighted by Crippen LogP contribution is 2.29. The molecule has 0 aliphatic carbocycles. The fourth-order valence-electron chi connectivity index (χ4n) is 1.22. The molecule has 15 heavy (non-hydrogen) atoms.